The Bertz CT molecular complexity index is 820. The van der Waals surface area contributed by atoms with Crippen molar-refractivity contribution >= 4 is 11.8 Å². The molecule has 0 spiro atoms. The summed E-state index contributed by atoms with van der Waals surface area (Å²) in [7, 11) is 0. The smallest absolute Gasteiger partial charge is 0.416 e. The lowest BCUT2D eigenvalue weighted by atomic mass is 10.2. The molecule has 2 aromatic carbocycles. The van der Waals surface area contributed by atoms with Crippen LogP contribution in [0.5, 0.6) is 11.5 Å². The van der Waals surface area contributed by atoms with Crippen molar-refractivity contribution in [3.8, 4) is 11.5 Å². The summed E-state index contributed by atoms with van der Waals surface area (Å²) >= 11 is 0. The van der Waals surface area contributed by atoms with Gasteiger partial charge in [-0.3, -0.25) is 9.59 Å². The maximum Gasteiger partial charge on any atom is 0.416 e. The van der Waals surface area contributed by atoms with Gasteiger partial charge in [0, 0.05) is 11.6 Å². The Morgan fingerprint density at radius 1 is 1.04 bits per heavy atom. The number of rotatable bonds is 6. The van der Waals surface area contributed by atoms with Crippen molar-refractivity contribution in [3.63, 3.8) is 0 Å². The minimum atomic E-state index is -4.47. The van der Waals surface area contributed by atoms with E-state index in [4.69, 9.17) is 4.74 Å². The predicted molar refractivity (Wildman–Crippen MR) is 93.6 cm³/mol. The minimum Gasteiger partial charge on any atom is -0.457 e. The zero-order valence-electron chi connectivity index (χ0n) is 14.8. The maximum atomic E-state index is 12.8. The van der Waals surface area contributed by atoms with Crippen molar-refractivity contribution in [3.05, 3.63) is 59.7 Å². The van der Waals surface area contributed by atoms with E-state index in [-0.39, 0.29) is 35.6 Å². The van der Waals surface area contributed by atoms with Crippen LogP contribution in [0.25, 0.3) is 0 Å². The number of alkyl halides is 3. The molecule has 2 N–H and O–H groups in total. The van der Waals surface area contributed by atoms with Crippen LogP contribution >= 0.6 is 0 Å². The standard InChI is InChI=1S/C19H19F3N2O3/c1-12(2)24-17(25)11-23-18(26)13-5-3-7-15(9-13)27-16-8-4-6-14(10-16)19(20,21)22/h3-10,12H,11H2,1-2H3,(H,23,26)(H,24,25). The molecule has 0 saturated carbocycles. The zero-order valence-corrected chi connectivity index (χ0v) is 14.8. The van der Waals surface area contributed by atoms with Crippen LogP contribution in [-0.4, -0.2) is 24.4 Å². The number of carbonyl (C=O) groups is 2. The van der Waals surface area contributed by atoms with Gasteiger partial charge in [0.25, 0.3) is 5.91 Å². The number of benzene rings is 2. The molecule has 0 fully saturated rings. The SMILES string of the molecule is CC(C)NC(=O)CNC(=O)c1cccc(Oc2cccc(C(F)(F)F)c2)c1. The van der Waals surface area contributed by atoms with Gasteiger partial charge in [-0.2, -0.15) is 13.2 Å². The molecule has 2 amide bonds. The summed E-state index contributed by atoms with van der Waals surface area (Å²) in [5.41, 5.74) is -0.609. The molecule has 0 heterocycles. The van der Waals surface area contributed by atoms with Crippen LogP contribution in [0, 0.1) is 0 Å². The van der Waals surface area contributed by atoms with Gasteiger partial charge in [-0.25, -0.2) is 0 Å². The summed E-state index contributed by atoms with van der Waals surface area (Å²) < 4.78 is 43.7. The summed E-state index contributed by atoms with van der Waals surface area (Å²) in [6.45, 7) is 3.42. The van der Waals surface area contributed by atoms with Crippen molar-refractivity contribution in [1.82, 2.24) is 10.6 Å². The molecule has 0 aliphatic heterocycles. The van der Waals surface area contributed by atoms with Crippen LogP contribution in [0.4, 0.5) is 13.2 Å². The van der Waals surface area contributed by atoms with E-state index in [9.17, 15) is 22.8 Å². The first-order valence-corrected chi connectivity index (χ1v) is 8.18. The largest absolute Gasteiger partial charge is 0.457 e. The Kier molecular flexibility index (Phi) is 6.44. The summed E-state index contributed by atoms with van der Waals surface area (Å²) in [5, 5.41) is 5.11. The van der Waals surface area contributed by atoms with Crippen LogP contribution in [0.2, 0.25) is 0 Å². The fourth-order valence-electron chi connectivity index (χ4n) is 2.21. The van der Waals surface area contributed by atoms with Gasteiger partial charge in [0.2, 0.25) is 5.91 Å². The molecule has 0 atom stereocenters. The van der Waals surface area contributed by atoms with E-state index in [1.54, 1.807) is 13.8 Å². The lowest BCUT2D eigenvalue weighted by Gasteiger charge is -2.11. The number of hydrogen-bond acceptors (Lipinski definition) is 3. The van der Waals surface area contributed by atoms with E-state index in [1.807, 2.05) is 0 Å². The molecule has 0 saturated heterocycles. The number of carbonyl (C=O) groups excluding carboxylic acids is 2. The quantitative estimate of drug-likeness (QED) is 0.802. The van der Waals surface area contributed by atoms with Crippen LogP contribution in [0.15, 0.2) is 48.5 Å². The topological polar surface area (TPSA) is 67.4 Å². The predicted octanol–water partition coefficient (Wildman–Crippen LogP) is 3.75. The normalized spacial score (nSPS) is 11.2. The molecule has 0 unspecified atom stereocenters. The highest BCUT2D eigenvalue weighted by atomic mass is 19.4. The Morgan fingerprint density at radius 2 is 1.67 bits per heavy atom. The molecule has 0 aromatic heterocycles. The van der Waals surface area contributed by atoms with E-state index in [0.717, 1.165) is 12.1 Å². The highest BCUT2D eigenvalue weighted by Crippen LogP contribution is 2.32. The molecule has 5 nitrogen and oxygen atoms in total. The van der Waals surface area contributed by atoms with E-state index in [1.165, 1.54) is 36.4 Å². The second kappa shape index (κ2) is 8.57. The molecule has 0 aliphatic carbocycles. The Balaban J connectivity index is 2.05. The zero-order chi connectivity index (χ0) is 20.0. The first-order chi connectivity index (χ1) is 12.6. The lowest BCUT2D eigenvalue weighted by molar-refractivity contribution is -0.137. The van der Waals surface area contributed by atoms with Crippen LogP contribution in [-0.2, 0) is 11.0 Å². The Labute approximate surface area is 154 Å². The molecule has 27 heavy (non-hydrogen) atoms. The molecule has 2 rings (SSSR count). The van der Waals surface area contributed by atoms with Gasteiger partial charge in [0.15, 0.2) is 0 Å². The first kappa shape index (κ1) is 20.3. The van der Waals surface area contributed by atoms with E-state index < -0.39 is 17.6 Å². The van der Waals surface area contributed by atoms with Gasteiger partial charge >= 0.3 is 6.18 Å². The molecule has 0 aliphatic rings. The molecule has 8 heteroatoms. The maximum absolute atomic E-state index is 12.8. The van der Waals surface area contributed by atoms with Crippen LogP contribution in [0.3, 0.4) is 0 Å². The second-order valence-corrected chi connectivity index (χ2v) is 6.06. The fourth-order valence-corrected chi connectivity index (χ4v) is 2.21. The number of amides is 2. The van der Waals surface area contributed by atoms with Gasteiger partial charge in [-0.1, -0.05) is 12.1 Å². The summed E-state index contributed by atoms with van der Waals surface area (Å²) in [6, 6.07) is 10.3. The van der Waals surface area contributed by atoms with Gasteiger partial charge in [0.1, 0.15) is 11.5 Å². The van der Waals surface area contributed by atoms with Crippen molar-refractivity contribution in [2.24, 2.45) is 0 Å². The average molecular weight is 380 g/mol. The summed E-state index contributed by atoms with van der Waals surface area (Å²) in [4.78, 5) is 23.7. The van der Waals surface area contributed by atoms with Gasteiger partial charge in [-0.15, -0.1) is 0 Å². The Hall–Kier alpha value is -3.03. The highest BCUT2D eigenvalue weighted by molar-refractivity contribution is 5.96. The Morgan fingerprint density at radius 3 is 2.30 bits per heavy atom. The third-order valence-corrected chi connectivity index (χ3v) is 3.35. The molecule has 144 valence electrons. The van der Waals surface area contributed by atoms with Crippen LogP contribution < -0.4 is 15.4 Å². The first-order valence-electron chi connectivity index (χ1n) is 8.18. The third kappa shape index (κ3) is 6.32. The molecule has 0 radical (unpaired) electrons. The average Bonchev–Trinajstić information content (AvgIpc) is 2.59. The number of halogens is 3. The highest BCUT2D eigenvalue weighted by Gasteiger charge is 2.30. The molecular formula is C19H19F3N2O3. The molecule has 0 bridgehead atoms. The van der Waals surface area contributed by atoms with E-state index >= 15 is 0 Å². The van der Waals surface area contributed by atoms with E-state index in [2.05, 4.69) is 10.6 Å². The van der Waals surface area contributed by atoms with E-state index in [0.29, 0.717) is 0 Å². The van der Waals surface area contributed by atoms with Crippen molar-refractivity contribution in [2.75, 3.05) is 6.54 Å². The van der Waals surface area contributed by atoms with Gasteiger partial charge in [-0.05, 0) is 50.2 Å². The fraction of sp³-hybridized carbons (Fsp3) is 0.263. The minimum absolute atomic E-state index is 0.00121. The van der Waals surface area contributed by atoms with Crippen molar-refractivity contribution in [1.29, 1.82) is 0 Å². The monoisotopic (exact) mass is 380 g/mol. The molecular weight excluding hydrogens is 361 g/mol. The number of ether oxygens (including phenoxy) is 1. The number of nitrogens with one attached hydrogen (secondary N) is 2. The second-order valence-electron chi connectivity index (χ2n) is 6.06. The summed E-state index contributed by atoms with van der Waals surface area (Å²) in [6.07, 6.45) is -4.47. The van der Waals surface area contributed by atoms with Crippen LogP contribution in [0.1, 0.15) is 29.8 Å². The lowest BCUT2D eigenvalue weighted by Crippen LogP contribution is -2.39. The van der Waals surface area contributed by atoms with Gasteiger partial charge in [0.05, 0.1) is 12.1 Å². The third-order valence-electron chi connectivity index (χ3n) is 3.35. The van der Waals surface area contributed by atoms with Gasteiger partial charge < -0.3 is 15.4 Å². The van der Waals surface area contributed by atoms with Crippen molar-refractivity contribution < 1.29 is 27.5 Å². The van der Waals surface area contributed by atoms with Crippen molar-refractivity contribution in [2.45, 2.75) is 26.1 Å². The summed E-state index contributed by atoms with van der Waals surface area (Å²) in [5.74, 6) is -0.620. The number of hydrogen-bond donors (Lipinski definition) is 2. The molecule has 2 aromatic rings.